The van der Waals surface area contributed by atoms with Crippen LogP contribution in [-0.2, 0) is 5.67 Å². The lowest BCUT2D eigenvalue weighted by Crippen LogP contribution is -2.33. The van der Waals surface area contributed by atoms with Crippen LogP contribution in [0, 0.1) is 0 Å². The number of benzene rings is 1. The maximum atomic E-state index is 14.7. The first-order valence-electron chi connectivity index (χ1n) is 6.32. The summed E-state index contributed by atoms with van der Waals surface area (Å²) in [4.78, 5) is 0. The average molecular weight is 237 g/mol. The van der Waals surface area contributed by atoms with Crippen molar-refractivity contribution in [2.75, 3.05) is 6.61 Å². The first kappa shape index (κ1) is 12.4. The van der Waals surface area contributed by atoms with Gasteiger partial charge in [-0.15, -0.1) is 0 Å². The Balaban J connectivity index is 2.10. The summed E-state index contributed by atoms with van der Waals surface area (Å²) in [6.45, 7) is 2.57. The van der Waals surface area contributed by atoms with Crippen LogP contribution in [0.15, 0.2) is 24.3 Å². The second-order valence-electron chi connectivity index (χ2n) is 4.76. The molecule has 0 aromatic heterocycles. The lowest BCUT2D eigenvalue weighted by atomic mass is 9.79. The van der Waals surface area contributed by atoms with Crippen LogP contribution in [0.25, 0.3) is 0 Å². The Kier molecular flexibility index (Phi) is 3.67. The van der Waals surface area contributed by atoms with E-state index < -0.39 is 5.67 Å². The highest BCUT2D eigenvalue weighted by Gasteiger charge is 2.35. The van der Waals surface area contributed by atoms with Gasteiger partial charge in [-0.2, -0.15) is 0 Å². The lowest BCUT2D eigenvalue weighted by Gasteiger charge is -2.32. The molecule has 1 fully saturated rings. The van der Waals surface area contributed by atoms with Gasteiger partial charge in [0, 0.05) is 6.04 Å². The van der Waals surface area contributed by atoms with Gasteiger partial charge in [0.05, 0.1) is 6.61 Å². The molecule has 0 heterocycles. The summed E-state index contributed by atoms with van der Waals surface area (Å²) in [6.07, 6.45) is 2.59. The van der Waals surface area contributed by atoms with E-state index in [0.29, 0.717) is 19.4 Å². The van der Waals surface area contributed by atoms with Gasteiger partial charge in [0.1, 0.15) is 11.4 Å². The Hall–Kier alpha value is -1.09. The number of rotatable bonds is 3. The molecule has 0 saturated heterocycles. The van der Waals surface area contributed by atoms with Crippen molar-refractivity contribution >= 4 is 0 Å². The van der Waals surface area contributed by atoms with Crippen LogP contribution in [0.3, 0.4) is 0 Å². The number of alkyl halides is 1. The molecule has 3 heteroatoms. The number of hydrogen-bond acceptors (Lipinski definition) is 2. The Morgan fingerprint density at radius 1 is 1.29 bits per heavy atom. The molecule has 94 valence electrons. The maximum Gasteiger partial charge on any atom is 0.136 e. The molecule has 2 rings (SSSR count). The van der Waals surface area contributed by atoms with Crippen LogP contribution < -0.4 is 10.5 Å². The zero-order valence-corrected chi connectivity index (χ0v) is 10.3. The highest BCUT2D eigenvalue weighted by molar-refractivity contribution is 5.31. The van der Waals surface area contributed by atoms with E-state index in [9.17, 15) is 4.39 Å². The van der Waals surface area contributed by atoms with Gasteiger partial charge in [-0.25, -0.2) is 4.39 Å². The monoisotopic (exact) mass is 237 g/mol. The smallest absolute Gasteiger partial charge is 0.136 e. The molecular weight excluding hydrogens is 217 g/mol. The average Bonchev–Trinajstić information content (AvgIpc) is 2.35. The summed E-state index contributed by atoms with van der Waals surface area (Å²) < 4.78 is 20.1. The van der Waals surface area contributed by atoms with E-state index in [1.807, 2.05) is 31.2 Å². The first-order valence-corrected chi connectivity index (χ1v) is 6.32. The molecule has 0 unspecified atom stereocenters. The highest BCUT2D eigenvalue weighted by atomic mass is 19.1. The van der Waals surface area contributed by atoms with Gasteiger partial charge < -0.3 is 10.5 Å². The van der Waals surface area contributed by atoms with Gasteiger partial charge >= 0.3 is 0 Å². The van der Waals surface area contributed by atoms with Gasteiger partial charge in [-0.3, -0.25) is 0 Å². The van der Waals surface area contributed by atoms with Crippen molar-refractivity contribution in [1.82, 2.24) is 0 Å². The molecule has 2 N–H and O–H groups in total. The predicted octanol–water partition coefficient (Wildman–Crippen LogP) is 3.15. The first-order chi connectivity index (χ1) is 8.14. The zero-order valence-electron chi connectivity index (χ0n) is 10.3. The molecule has 0 radical (unpaired) electrons. The molecule has 1 aliphatic rings. The topological polar surface area (TPSA) is 35.2 Å². The van der Waals surface area contributed by atoms with Crippen LogP contribution in [0.2, 0.25) is 0 Å². The standard InChI is InChI=1S/C14H20FNO/c1-2-17-13-5-3-11(4-6-13)14(15)9-7-12(16)8-10-14/h3-6,12H,2,7-10,16H2,1H3. The Bertz CT molecular complexity index is 355. The molecule has 1 aliphatic carbocycles. The van der Waals surface area contributed by atoms with Crippen molar-refractivity contribution in [1.29, 1.82) is 0 Å². The summed E-state index contributed by atoms with van der Waals surface area (Å²) in [6, 6.07) is 7.52. The van der Waals surface area contributed by atoms with Gasteiger partial charge in [0.25, 0.3) is 0 Å². The SMILES string of the molecule is CCOc1ccc(C2(F)CCC(N)CC2)cc1. The summed E-state index contributed by atoms with van der Waals surface area (Å²) in [5.41, 5.74) is 5.37. The van der Waals surface area contributed by atoms with E-state index in [1.54, 1.807) is 0 Å². The Morgan fingerprint density at radius 3 is 2.41 bits per heavy atom. The number of ether oxygens (including phenoxy) is 1. The molecule has 0 atom stereocenters. The third-order valence-electron chi connectivity index (χ3n) is 3.51. The maximum absolute atomic E-state index is 14.7. The molecule has 0 spiro atoms. The minimum Gasteiger partial charge on any atom is -0.494 e. The molecule has 0 aliphatic heterocycles. The van der Waals surface area contributed by atoms with Crippen molar-refractivity contribution in [3.8, 4) is 5.75 Å². The number of hydrogen-bond donors (Lipinski definition) is 1. The minimum atomic E-state index is -1.19. The summed E-state index contributed by atoms with van der Waals surface area (Å²) in [5, 5.41) is 0. The normalized spacial score (nSPS) is 29.0. The van der Waals surface area contributed by atoms with Crippen molar-refractivity contribution in [3.05, 3.63) is 29.8 Å². The third-order valence-corrected chi connectivity index (χ3v) is 3.51. The predicted molar refractivity (Wildman–Crippen MR) is 66.8 cm³/mol. The lowest BCUT2D eigenvalue weighted by molar-refractivity contribution is 0.0978. The quantitative estimate of drug-likeness (QED) is 0.876. The van der Waals surface area contributed by atoms with Gasteiger partial charge in [-0.05, 0) is 50.3 Å². The fourth-order valence-electron chi connectivity index (χ4n) is 2.40. The van der Waals surface area contributed by atoms with Crippen molar-refractivity contribution in [3.63, 3.8) is 0 Å². The van der Waals surface area contributed by atoms with E-state index in [1.165, 1.54) is 0 Å². The van der Waals surface area contributed by atoms with Gasteiger partial charge in [-0.1, -0.05) is 12.1 Å². The molecule has 0 bridgehead atoms. The third kappa shape index (κ3) is 2.78. The molecule has 1 saturated carbocycles. The van der Waals surface area contributed by atoms with Crippen molar-refractivity contribution in [2.24, 2.45) is 5.73 Å². The Labute approximate surface area is 102 Å². The van der Waals surface area contributed by atoms with Crippen LogP contribution in [0.5, 0.6) is 5.75 Å². The molecular formula is C14H20FNO. The van der Waals surface area contributed by atoms with Crippen LogP contribution >= 0.6 is 0 Å². The van der Waals surface area contributed by atoms with Crippen LogP contribution in [0.1, 0.15) is 38.2 Å². The Morgan fingerprint density at radius 2 is 1.88 bits per heavy atom. The van der Waals surface area contributed by atoms with E-state index in [2.05, 4.69) is 0 Å². The van der Waals surface area contributed by atoms with Gasteiger partial charge in [0.15, 0.2) is 0 Å². The summed E-state index contributed by atoms with van der Waals surface area (Å²) >= 11 is 0. The molecule has 2 nitrogen and oxygen atoms in total. The largest absolute Gasteiger partial charge is 0.494 e. The second-order valence-corrected chi connectivity index (χ2v) is 4.76. The number of nitrogens with two attached hydrogens (primary N) is 1. The van der Waals surface area contributed by atoms with E-state index in [4.69, 9.17) is 10.5 Å². The van der Waals surface area contributed by atoms with Crippen LogP contribution in [0.4, 0.5) is 4.39 Å². The van der Waals surface area contributed by atoms with Crippen molar-refractivity contribution < 1.29 is 9.13 Å². The van der Waals surface area contributed by atoms with Crippen molar-refractivity contribution in [2.45, 2.75) is 44.3 Å². The molecule has 0 amide bonds. The zero-order chi connectivity index (χ0) is 12.3. The molecule has 17 heavy (non-hydrogen) atoms. The summed E-state index contributed by atoms with van der Waals surface area (Å²) in [7, 11) is 0. The van der Waals surface area contributed by atoms with Crippen LogP contribution in [-0.4, -0.2) is 12.6 Å². The van der Waals surface area contributed by atoms with Gasteiger partial charge in [0.2, 0.25) is 0 Å². The van der Waals surface area contributed by atoms with E-state index in [-0.39, 0.29) is 6.04 Å². The fraction of sp³-hybridized carbons (Fsp3) is 0.571. The fourth-order valence-corrected chi connectivity index (χ4v) is 2.40. The summed E-state index contributed by atoms with van der Waals surface area (Å²) in [5.74, 6) is 0.798. The van der Waals surface area contributed by atoms with E-state index in [0.717, 1.165) is 24.2 Å². The second kappa shape index (κ2) is 5.05. The molecule has 1 aromatic carbocycles. The highest BCUT2D eigenvalue weighted by Crippen LogP contribution is 2.40. The number of halogens is 1. The molecule has 1 aromatic rings. The van der Waals surface area contributed by atoms with E-state index >= 15 is 0 Å². The minimum absolute atomic E-state index is 0.168.